The Morgan fingerprint density at radius 3 is 2.43 bits per heavy atom. The summed E-state index contributed by atoms with van der Waals surface area (Å²) < 4.78 is 0. The fourth-order valence-electron chi connectivity index (χ4n) is 4.99. The maximum absolute atomic E-state index is 13.8. The average Bonchev–Trinajstić information content (AvgIpc) is 3.35. The number of benzene rings is 3. The molecule has 1 aromatic heterocycles. The number of nitrogens with zero attached hydrogens (tertiary/aromatic N) is 1. The van der Waals surface area contributed by atoms with Gasteiger partial charge in [0.1, 0.15) is 16.3 Å². The number of carboxylic acid groups (broad SMARTS) is 1. The maximum atomic E-state index is 13.8. The van der Waals surface area contributed by atoms with Crippen molar-refractivity contribution in [3.63, 3.8) is 0 Å². The van der Waals surface area contributed by atoms with E-state index in [1.54, 1.807) is 18.2 Å². The first kappa shape index (κ1) is 28.9. The summed E-state index contributed by atoms with van der Waals surface area (Å²) in [6.45, 7) is 0. The molecule has 1 aliphatic rings. The van der Waals surface area contributed by atoms with Gasteiger partial charge in [-0.15, -0.1) is 23.1 Å². The molecular weight excluding hydrogens is 567 g/mol. The van der Waals surface area contributed by atoms with E-state index in [1.807, 2.05) is 54.6 Å². The molecule has 5 rings (SSSR count). The van der Waals surface area contributed by atoms with Gasteiger partial charge in [-0.1, -0.05) is 66.7 Å². The molecule has 2 atom stereocenters. The number of thiophene rings is 1. The van der Waals surface area contributed by atoms with Gasteiger partial charge in [0.15, 0.2) is 0 Å². The van der Waals surface area contributed by atoms with Gasteiger partial charge >= 0.3 is 5.97 Å². The fourth-order valence-corrected chi connectivity index (χ4v) is 7.36. The highest BCUT2D eigenvalue weighted by atomic mass is 32.2. The zero-order valence-electron chi connectivity index (χ0n) is 22.4. The van der Waals surface area contributed by atoms with Crippen LogP contribution >= 0.6 is 23.1 Å². The molecular formula is C33H27N3O4S2. The lowest BCUT2D eigenvalue weighted by molar-refractivity contribution is -0.131. The van der Waals surface area contributed by atoms with Gasteiger partial charge < -0.3 is 15.7 Å². The van der Waals surface area contributed by atoms with Crippen molar-refractivity contribution in [2.75, 3.05) is 10.6 Å². The van der Waals surface area contributed by atoms with Crippen molar-refractivity contribution in [3.05, 3.63) is 124 Å². The van der Waals surface area contributed by atoms with Crippen LogP contribution < -0.4 is 10.6 Å². The van der Waals surface area contributed by atoms with Crippen LogP contribution in [-0.4, -0.2) is 22.9 Å². The maximum Gasteiger partial charge on any atom is 0.328 e. The lowest BCUT2D eigenvalue weighted by Crippen LogP contribution is -2.19. The topological polar surface area (TPSA) is 119 Å². The number of thioether (sulfide) groups is 1. The van der Waals surface area contributed by atoms with Gasteiger partial charge in [-0.2, -0.15) is 5.26 Å². The zero-order valence-corrected chi connectivity index (χ0v) is 24.1. The summed E-state index contributed by atoms with van der Waals surface area (Å²) in [6, 6.07) is 29.1. The Kier molecular flexibility index (Phi) is 9.17. The predicted molar refractivity (Wildman–Crippen MR) is 166 cm³/mol. The number of carbonyl (C=O) groups is 3. The molecule has 0 fully saturated rings. The lowest BCUT2D eigenvalue weighted by Gasteiger charge is -2.22. The molecule has 3 aromatic carbocycles. The van der Waals surface area contributed by atoms with Gasteiger partial charge in [-0.3, -0.25) is 9.59 Å². The second-order valence-electron chi connectivity index (χ2n) is 9.76. The number of nitrogens with one attached hydrogen (secondary N) is 2. The van der Waals surface area contributed by atoms with E-state index < -0.39 is 17.1 Å². The quantitative estimate of drug-likeness (QED) is 0.143. The van der Waals surface area contributed by atoms with Crippen molar-refractivity contribution in [3.8, 4) is 6.07 Å². The molecule has 9 heteroatoms. The number of fused-ring (bicyclic) bond motifs is 1. The number of aliphatic carboxylic acids is 1. The summed E-state index contributed by atoms with van der Waals surface area (Å²) in [7, 11) is 0. The second kappa shape index (κ2) is 13.3. The number of carbonyl (C=O) groups excluding carboxylic acids is 2. The summed E-state index contributed by atoms with van der Waals surface area (Å²) in [4.78, 5) is 38.5. The predicted octanol–water partition coefficient (Wildman–Crippen LogP) is 6.94. The molecule has 3 N–H and O–H groups in total. The van der Waals surface area contributed by atoms with E-state index in [9.17, 15) is 19.6 Å². The summed E-state index contributed by atoms with van der Waals surface area (Å²) in [5.41, 5.74) is 4.14. The SMILES string of the molecule is N#Cc1c(NC(=O)C(Sc2cccc(NC(=O)/C=C/C(=O)O)c2)c2ccccc2)sc2c1CCC(c1ccccc1)C2. The number of hydrogen-bond donors (Lipinski definition) is 3. The lowest BCUT2D eigenvalue weighted by atomic mass is 9.83. The Bertz CT molecular complexity index is 1680. The molecule has 1 aliphatic carbocycles. The Morgan fingerprint density at radius 1 is 0.976 bits per heavy atom. The van der Waals surface area contributed by atoms with E-state index in [1.165, 1.54) is 28.7 Å². The van der Waals surface area contributed by atoms with Crippen LogP contribution in [0.15, 0.2) is 102 Å². The number of amides is 2. The zero-order chi connectivity index (χ0) is 29.5. The molecule has 2 amide bonds. The number of anilines is 2. The Hall–Kier alpha value is -4.65. The molecule has 42 heavy (non-hydrogen) atoms. The third-order valence-electron chi connectivity index (χ3n) is 6.96. The van der Waals surface area contributed by atoms with Gasteiger partial charge in [-0.25, -0.2) is 4.79 Å². The second-order valence-corrected chi connectivity index (χ2v) is 12.0. The molecule has 1 heterocycles. The Labute approximate surface area is 251 Å². The summed E-state index contributed by atoms with van der Waals surface area (Å²) in [6.07, 6.45) is 4.30. The van der Waals surface area contributed by atoms with Crippen molar-refractivity contribution in [2.45, 2.75) is 35.3 Å². The van der Waals surface area contributed by atoms with Crippen molar-refractivity contribution < 1.29 is 19.5 Å². The largest absolute Gasteiger partial charge is 0.478 e. The summed E-state index contributed by atoms with van der Waals surface area (Å²) in [5, 5.41) is 24.5. The minimum absolute atomic E-state index is 0.250. The smallest absolute Gasteiger partial charge is 0.328 e. The molecule has 0 radical (unpaired) electrons. The van der Waals surface area contributed by atoms with Crippen LogP contribution in [0.25, 0.3) is 0 Å². The van der Waals surface area contributed by atoms with Crippen LogP contribution in [0.4, 0.5) is 10.7 Å². The third kappa shape index (κ3) is 6.97. The van der Waals surface area contributed by atoms with E-state index >= 15 is 0 Å². The minimum atomic E-state index is -1.21. The van der Waals surface area contributed by atoms with Crippen LogP contribution in [0.1, 0.15) is 44.7 Å². The molecule has 4 aromatic rings. The van der Waals surface area contributed by atoms with Crippen LogP contribution in [0.3, 0.4) is 0 Å². The number of rotatable bonds is 9. The minimum Gasteiger partial charge on any atom is -0.478 e. The highest BCUT2D eigenvalue weighted by Crippen LogP contribution is 2.43. The highest BCUT2D eigenvalue weighted by Gasteiger charge is 2.29. The van der Waals surface area contributed by atoms with Crippen molar-refractivity contribution >= 4 is 51.6 Å². The molecule has 210 valence electrons. The first-order chi connectivity index (χ1) is 20.4. The Morgan fingerprint density at radius 2 is 1.71 bits per heavy atom. The first-order valence-corrected chi connectivity index (χ1v) is 15.0. The first-order valence-electron chi connectivity index (χ1n) is 13.4. The van der Waals surface area contributed by atoms with E-state index in [2.05, 4.69) is 28.8 Å². The van der Waals surface area contributed by atoms with Gasteiger partial charge in [0.05, 0.1) is 5.56 Å². The average molecular weight is 594 g/mol. The van der Waals surface area contributed by atoms with E-state index in [-0.39, 0.29) is 5.91 Å². The molecule has 0 bridgehead atoms. The fraction of sp³-hybridized carbons (Fsp3) is 0.152. The van der Waals surface area contributed by atoms with Crippen LogP contribution in [0, 0.1) is 11.3 Å². The van der Waals surface area contributed by atoms with Crippen molar-refractivity contribution in [1.82, 2.24) is 0 Å². The third-order valence-corrected chi connectivity index (χ3v) is 9.38. The van der Waals surface area contributed by atoms with Gasteiger partial charge in [0.25, 0.3) is 0 Å². The highest BCUT2D eigenvalue weighted by molar-refractivity contribution is 8.00. The van der Waals surface area contributed by atoms with E-state index in [0.717, 1.165) is 52.3 Å². The molecule has 0 aliphatic heterocycles. The monoisotopic (exact) mass is 593 g/mol. The van der Waals surface area contributed by atoms with Crippen LogP contribution in [0.5, 0.6) is 0 Å². The number of carboxylic acids is 1. The van der Waals surface area contributed by atoms with Gasteiger partial charge in [-0.05, 0) is 60.1 Å². The van der Waals surface area contributed by atoms with Crippen LogP contribution in [-0.2, 0) is 27.2 Å². The van der Waals surface area contributed by atoms with Crippen molar-refractivity contribution in [2.24, 2.45) is 0 Å². The standard InChI is InChI=1S/C33H27N3O4S2/c34-20-27-26-15-14-23(21-8-3-1-4-9-21)18-28(26)42-33(27)36-32(40)31(22-10-5-2-6-11-22)41-25-13-7-12-24(19-25)35-29(37)16-17-30(38)39/h1-13,16-17,19,23,31H,14-15,18H2,(H,35,37)(H,36,40)(H,38,39)/b17-16+. The number of hydrogen-bond acceptors (Lipinski definition) is 6. The van der Waals surface area contributed by atoms with Crippen molar-refractivity contribution in [1.29, 1.82) is 5.26 Å². The summed E-state index contributed by atoms with van der Waals surface area (Å²) >= 11 is 2.81. The molecule has 2 unspecified atom stereocenters. The molecule has 0 spiro atoms. The van der Waals surface area contributed by atoms with Crippen LogP contribution in [0.2, 0.25) is 0 Å². The Balaban J connectivity index is 1.37. The van der Waals surface area contributed by atoms with Gasteiger partial charge in [0, 0.05) is 27.6 Å². The van der Waals surface area contributed by atoms with E-state index in [4.69, 9.17) is 5.11 Å². The molecule has 0 saturated carbocycles. The summed E-state index contributed by atoms with van der Waals surface area (Å²) in [5.74, 6) is -1.65. The van der Waals surface area contributed by atoms with E-state index in [0.29, 0.717) is 22.2 Å². The molecule has 0 saturated heterocycles. The number of nitriles is 1. The molecule has 7 nitrogen and oxygen atoms in total. The normalized spacial score (nSPS) is 14.9. The van der Waals surface area contributed by atoms with Gasteiger partial charge in [0.2, 0.25) is 11.8 Å².